The number of fused-ring (bicyclic) bond motifs is 3. The van der Waals surface area contributed by atoms with Crippen molar-refractivity contribution in [2.24, 2.45) is 0 Å². The topological polar surface area (TPSA) is 18.5 Å². The van der Waals surface area contributed by atoms with Gasteiger partial charge in [0.25, 0.3) is 0 Å². The quantitative estimate of drug-likeness (QED) is 0.533. The van der Waals surface area contributed by atoms with Crippen LogP contribution in [0.3, 0.4) is 0 Å². The van der Waals surface area contributed by atoms with Gasteiger partial charge in [-0.05, 0) is 52.4 Å². The van der Waals surface area contributed by atoms with Gasteiger partial charge >= 0.3 is 0 Å². The largest absolute Gasteiger partial charge is 0.497 e. The smallest absolute Gasteiger partial charge is 0.126 e. The molecule has 0 radical (unpaired) electrons. The van der Waals surface area contributed by atoms with Crippen LogP contribution in [0.1, 0.15) is 11.1 Å². The maximum atomic E-state index is 5.58. The minimum Gasteiger partial charge on any atom is -0.497 e. The van der Waals surface area contributed by atoms with Crippen molar-refractivity contribution in [3.8, 4) is 33.8 Å². The first-order valence-electron chi connectivity index (χ1n) is 7.74. The van der Waals surface area contributed by atoms with Gasteiger partial charge in [0.2, 0.25) is 0 Å². The summed E-state index contributed by atoms with van der Waals surface area (Å²) in [6.07, 6.45) is 0.960. The minimum absolute atomic E-state index is 0.842. The Morgan fingerprint density at radius 3 is 2.22 bits per heavy atom. The van der Waals surface area contributed by atoms with Crippen molar-refractivity contribution in [2.75, 3.05) is 14.2 Å². The molecule has 0 atom stereocenters. The van der Waals surface area contributed by atoms with E-state index in [1.807, 2.05) is 12.1 Å². The van der Waals surface area contributed by atoms with Gasteiger partial charge in [0.1, 0.15) is 11.5 Å². The number of rotatable bonds is 3. The average Bonchev–Trinajstić information content (AvgIpc) is 3.00. The van der Waals surface area contributed by atoms with Crippen LogP contribution in [0.2, 0.25) is 0 Å². The van der Waals surface area contributed by atoms with Gasteiger partial charge in [-0.25, -0.2) is 0 Å². The molecule has 0 aromatic heterocycles. The summed E-state index contributed by atoms with van der Waals surface area (Å²) >= 11 is 0. The monoisotopic (exact) mass is 302 g/mol. The summed E-state index contributed by atoms with van der Waals surface area (Å²) in [5.74, 6) is 1.71. The minimum atomic E-state index is 0.842. The normalized spacial score (nSPS) is 11.7. The highest BCUT2D eigenvalue weighted by atomic mass is 16.5. The van der Waals surface area contributed by atoms with E-state index in [2.05, 4.69) is 48.5 Å². The fourth-order valence-corrected chi connectivity index (χ4v) is 3.43. The van der Waals surface area contributed by atoms with Crippen molar-refractivity contribution < 1.29 is 9.47 Å². The summed E-state index contributed by atoms with van der Waals surface area (Å²) in [5, 5.41) is 0. The second-order valence-electron chi connectivity index (χ2n) is 5.73. The van der Waals surface area contributed by atoms with E-state index < -0.39 is 0 Å². The SMILES string of the molecule is COc1ccc(OC)c(-c2cccc3c2Cc2ccccc2-3)c1. The van der Waals surface area contributed by atoms with Crippen molar-refractivity contribution >= 4 is 0 Å². The Morgan fingerprint density at radius 2 is 1.43 bits per heavy atom. The molecule has 0 aliphatic heterocycles. The number of methoxy groups -OCH3 is 2. The molecule has 0 spiro atoms. The highest BCUT2D eigenvalue weighted by molar-refractivity contribution is 5.86. The Kier molecular flexibility index (Phi) is 3.30. The molecule has 0 N–H and O–H groups in total. The van der Waals surface area contributed by atoms with E-state index >= 15 is 0 Å². The molecule has 3 aromatic carbocycles. The van der Waals surface area contributed by atoms with Gasteiger partial charge < -0.3 is 9.47 Å². The number of ether oxygens (including phenoxy) is 2. The molecule has 0 saturated carbocycles. The van der Waals surface area contributed by atoms with Gasteiger partial charge in [-0.2, -0.15) is 0 Å². The lowest BCUT2D eigenvalue weighted by molar-refractivity contribution is 0.404. The molecular weight excluding hydrogens is 284 g/mol. The van der Waals surface area contributed by atoms with Crippen molar-refractivity contribution in [1.82, 2.24) is 0 Å². The molecule has 3 aromatic rings. The predicted molar refractivity (Wildman–Crippen MR) is 93.2 cm³/mol. The van der Waals surface area contributed by atoms with E-state index in [9.17, 15) is 0 Å². The fourth-order valence-electron chi connectivity index (χ4n) is 3.43. The van der Waals surface area contributed by atoms with Crippen LogP contribution in [-0.4, -0.2) is 14.2 Å². The second-order valence-corrected chi connectivity index (χ2v) is 5.73. The summed E-state index contributed by atoms with van der Waals surface area (Å²) in [6.45, 7) is 0. The molecule has 2 heteroatoms. The highest BCUT2D eigenvalue weighted by Gasteiger charge is 2.22. The molecule has 23 heavy (non-hydrogen) atoms. The first-order chi connectivity index (χ1) is 11.3. The van der Waals surface area contributed by atoms with E-state index in [1.54, 1.807) is 14.2 Å². The molecule has 0 saturated heterocycles. The Labute approximate surface area is 136 Å². The molecular formula is C21H18O2. The summed E-state index contributed by atoms with van der Waals surface area (Å²) in [4.78, 5) is 0. The summed E-state index contributed by atoms with van der Waals surface area (Å²) < 4.78 is 11.0. The van der Waals surface area contributed by atoms with Crippen LogP contribution >= 0.6 is 0 Å². The molecule has 1 aliphatic rings. The van der Waals surface area contributed by atoms with E-state index in [0.29, 0.717) is 0 Å². The zero-order chi connectivity index (χ0) is 15.8. The molecule has 1 aliphatic carbocycles. The van der Waals surface area contributed by atoms with Crippen LogP contribution in [0, 0.1) is 0 Å². The highest BCUT2D eigenvalue weighted by Crippen LogP contribution is 2.44. The van der Waals surface area contributed by atoms with Gasteiger partial charge in [-0.1, -0.05) is 42.5 Å². The molecule has 2 nitrogen and oxygen atoms in total. The number of benzene rings is 3. The van der Waals surface area contributed by atoms with E-state index in [-0.39, 0.29) is 0 Å². The lowest BCUT2D eigenvalue weighted by atomic mass is 9.95. The molecule has 0 bridgehead atoms. The molecule has 0 heterocycles. The average molecular weight is 302 g/mol. The number of hydrogen-bond acceptors (Lipinski definition) is 2. The zero-order valence-corrected chi connectivity index (χ0v) is 13.3. The van der Waals surface area contributed by atoms with Crippen molar-refractivity contribution in [3.05, 3.63) is 71.8 Å². The third-order valence-electron chi connectivity index (χ3n) is 4.55. The van der Waals surface area contributed by atoms with Gasteiger partial charge in [0.15, 0.2) is 0 Å². The van der Waals surface area contributed by atoms with Crippen LogP contribution in [0.25, 0.3) is 22.3 Å². The van der Waals surface area contributed by atoms with Crippen LogP contribution in [0.5, 0.6) is 11.5 Å². The van der Waals surface area contributed by atoms with Crippen molar-refractivity contribution in [3.63, 3.8) is 0 Å². The van der Waals surface area contributed by atoms with Gasteiger partial charge in [0, 0.05) is 5.56 Å². The lowest BCUT2D eigenvalue weighted by Crippen LogP contribution is -1.93. The summed E-state index contributed by atoms with van der Waals surface area (Å²) in [7, 11) is 3.40. The molecule has 0 fully saturated rings. The summed E-state index contributed by atoms with van der Waals surface area (Å²) in [5.41, 5.74) is 7.71. The standard InChI is InChI=1S/C21H18O2/c1-22-15-10-11-21(23-2)20(13-15)18-9-5-8-17-16-7-4-3-6-14(16)12-19(17)18/h3-11,13H,12H2,1-2H3. The maximum absolute atomic E-state index is 5.58. The number of hydrogen-bond donors (Lipinski definition) is 0. The van der Waals surface area contributed by atoms with Crippen LogP contribution < -0.4 is 9.47 Å². The molecule has 0 unspecified atom stereocenters. The van der Waals surface area contributed by atoms with Gasteiger partial charge in [0.05, 0.1) is 14.2 Å². The van der Waals surface area contributed by atoms with E-state index in [4.69, 9.17) is 9.47 Å². The van der Waals surface area contributed by atoms with Crippen molar-refractivity contribution in [2.45, 2.75) is 6.42 Å². The van der Waals surface area contributed by atoms with E-state index in [0.717, 1.165) is 23.5 Å². The Bertz CT molecular complexity index is 881. The predicted octanol–water partition coefficient (Wildman–Crippen LogP) is 4.94. The summed E-state index contributed by atoms with van der Waals surface area (Å²) in [6, 6.07) is 21.1. The first kappa shape index (κ1) is 13.9. The third-order valence-corrected chi connectivity index (χ3v) is 4.55. The third kappa shape index (κ3) is 2.18. The lowest BCUT2D eigenvalue weighted by Gasteiger charge is -2.14. The van der Waals surface area contributed by atoms with E-state index in [1.165, 1.54) is 27.8 Å². The first-order valence-corrected chi connectivity index (χ1v) is 7.74. The Balaban J connectivity index is 1.93. The molecule has 0 amide bonds. The second kappa shape index (κ2) is 5.47. The van der Waals surface area contributed by atoms with Crippen LogP contribution in [0.15, 0.2) is 60.7 Å². The van der Waals surface area contributed by atoms with Crippen LogP contribution in [-0.2, 0) is 6.42 Å². The Hall–Kier alpha value is -2.74. The van der Waals surface area contributed by atoms with Crippen LogP contribution in [0.4, 0.5) is 0 Å². The molecule has 114 valence electrons. The van der Waals surface area contributed by atoms with Crippen molar-refractivity contribution in [1.29, 1.82) is 0 Å². The maximum Gasteiger partial charge on any atom is 0.126 e. The fraction of sp³-hybridized carbons (Fsp3) is 0.143. The molecule has 4 rings (SSSR count). The van der Waals surface area contributed by atoms with Gasteiger partial charge in [-0.3, -0.25) is 0 Å². The zero-order valence-electron chi connectivity index (χ0n) is 13.3. The van der Waals surface area contributed by atoms with Gasteiger partial charge in [-0.15, -0.1) is 0 Å². The Morgan fingerprint density at radius 1 is 0.696 bits per heavy atom.